The predicted octanol–water partition coefficient (Wildman–Crippen LogP) is 4.23. The lowest BCUT2D eigenvalue weighted by atomic mass is 10.1. The van der Waals surface area contributed by atoms with Crippen molar-refractivity contribution in [1.82, 2.24) is 4.90 Å². The zero-order valence-electron chi connectivity index (χ0n) is 17.9. The third-order valence-corrected chi connectivity index (χ3v) is 5.51. The van der Waals surface area contributed by atoms with E-state index in [0.717, 1.165) is 11.1 Å². The van der Waals surface area contributed by atoms with Crippen molar-refractivity contribution in [3.8, 4) is 0 Å². The number of para-hydroxylation sites is 1. The topological polar surface area (TPSA) is 78.5 Å². The van der Waals surface area contributed by atoms with E-state index in [4.69, 9.17) is 0 Å². The van der Waals surface area contributed by atoms with E-state index in [1.807, 2.05) is 61.5 Å². The molecular weight excluding hydrogens is 402 g/mol. The van der Waals surface area contributed by atoms with E-state index < -0.39 is 5.92 Å². The molecule has 0 spiro atoms. The van der Waals surface area contributed by atoms with Crippen molar-refractivity contribution in [2.45, 2.75) is 19.9 Å². The van der Waals surface area contributed by atoms with Crippen LogP contribution in [0.4, 0.5) is 11.4 Å². The van der Waals surface area contributed by atoms with Crippen molar-refractivity contribution in [2.24, 2.45) is 5.92 Å². The molecule has 1 aliphatic rings. The number of hydrogen-bond donors (Lipinski definition) is 2. The zero-order valence-corrected chi connectivity index (χ0v) is 17.9. The molecule has 0 unspecified atom stereocenters. The Labute approximate surface area is 187 Å². The minimum atomic E-state index is -0.459. The summed E-state index contributed by atoms with van der Waals surface area (Å²) in [6.07, 6.45) is 0.163. The highest BCUT2D eigenvalue weighted by Gasteiger charge is 2.34. The molecule has 0 bridgehead atoms. The molecule has 1 saturated heterocycles. The van der Waals surface area contributed by atoms with E-state index in [9.17, 15) is 14.4 Å². The van der Waals surface area contributed by atoms with Gasteiger partial charge in [0.2, 0.25) is 11.8 Å². The highest BCUT2D eigenvalue weighted by molar-refractivity contribution is 6.10. The van der Waals surface area contributed by atoms with Crippen molar-refractivity contribution in [2.75, 3.05) is 17.2 Å². The van der Waals surface area contributed by atoms with Crippen LogP contribution in [-0.2, 0) is 16.1 Å². The molecule has 6 nitrogen and oxygen atoms in total. The third kappa shape index (κ3) is 5.03. The Morgan fingerprint density at radius 3 is 2.47 bits per heavy atom. The lowest BCUT2D eigenvalue weighted by Gasteiger charge is -2.17. The summed E-state index contributed by atoms with van der Waals surface area (Å²) in [6, 6.07) is 24.1. The second-order valence-electron chi connectivity index (χ2n) is 8.02. The number of aryl methyl sites for hydroxylation is 1. The molecule has 0 aromatic heterocycles. The fourth-order valence-electron chi connectivity index (χ4n) is 3.85. The minimum Gasteiger partial charge on any atom is -0.338 e. The van der Waals surface area contributed by atoms with Crippen LogP contribution in [-0.4, -0.2) is 29.2 Å². The number of benzene rings is 3. The van der Waals surface area contributed by atoms with Gasteiger partial charge in [-0.3, -0.25) is 14.4 Å². The maximum Gasteiger partial charge on any atom is 0.257 e. The van der Waals surface area contributed by atoms with Gasteiger partial charge in [-0.05, 0) is 42.3 Å². The van der Waals surface area contributed by atoms with Crippen molar-refractivity contribution in [3.05, 3.63) is 95.6 Å². The van der Waals surface area contributed by atoms with Crippen LogP contribution < -0.4 is 10.6 Å². The molecular formula is C26H25N3O3. The maximum atomic E-state index is 12.9. The summed E-state index contributed by atoms with van der Waals surface area (Å²) in [5, 5.41) is 5.73. The molecule has 4 rings (SSSR count). The Morgan fingerprint density at radius 2 is 1.69 bits per heavy atom. The first-order valence-corrected chi connectivity index (χ1v) is 10.6. The van der Waals surface area contributed by atoms with Gasteiger partial charge in [-0.15, -0.1) is 0 Å². The second kappa shape index (κ2) is 9.47. The lowest BCUT2D eigenvalue weighted by Crippen LogP contribution is -2.28. The molecule has 2 N–H and O–H groups in total. The Bertz CT molecular complexity index is 1140. The molecule has 0 radical (unpaired) electrons. The van der Waals surface area contributed by atoms with E-state index in [1.54, 1.807) is 29.2 Å². The van der Waals surface area contributed by atoms with Gasteiger partial charge in [0.1, 0.15) is 0 Å². The number of nitrogens with one attached hydrogen (secondary N) is 2. The van der Waals surface area contributed by atoms with E-state index >= 15 is 0 Å². The van der Waals surface area contributed by atoms with Crippen LogP contribution in [0.2, 0.25) is 0 Å². The summed E-state index contributed by atoms with van der Waals surface area (Å²) in [6.45, 7) is 2.80. The van der Waals surface area contributed by atoms with Gasteiger partial charge in [0.15, 0.2) is 0 Å². The van der Waals surface area contributed by atoms with Crippen LogP contribution in [0.1, 0.15) is 27.9 Å². The van der Waals surface area contributed by atoms with Gasteiger partial charge in [-0.2, -0.15) is 0 Å². The average molecular weight is 428 g/mol. The molecule has 0 aliphatic carbocycles. The molecule has 1 atom stereocenters. The van der Waals surface area contributed by atoms with Gasteiger partial charge in [0.25, 0.3) is 5.91 Å². The molecule has 1 fully saturated rings. The van der Waals surface area contributed by atoms with Gasteiger partial charge in [-0.25, -0.2) is 0 Å². The Hall–Kier alpha value is -3.93. The molecule has 162 valence electrons. The van der Waals surface area contributed by atoms with Gasteiger partial charge in [-0.1, -0.05) is 54.6 Å². The van der Waals surface area contributed by atoms with Crippen LogP contribution in [0.15, 0.2) is 78.9 Å². The monoisotopic (exact) mass is 427 g/mol. The quantitative estimate of drug-likeness (QED) is 0.618. The summed E-state index contributed by atoms with van der Waals surface area (Å²) < 4.78 is 0. The predicted molar refractivity (Wildman–Crippen MR) is 124 cm³/mol. The van der Waals surface area contributed by atoms with E-state index in [1.165, 1.54) is 0 Å². The fourth-order valence-corrected chi connectivity index (χ4v) is 3.85. The fraction of sp³-hybridized carbons (Fsp3) is 0.192. The SMILES string of the molecule is Cc1cccc(NC(=O)c2ccccc2NC(=O)[C@H]2CC(=O)N(Cc3ccccc3)C2)c1. The lowest BCUT2D eigenvalue weighted by molar-refractivity contribution is -0.128. The van der Waals surface area contributed by atoms with Gasteiger partial charge < -0.3 is 15.5 Å². The molecule has 3 aromatic carbocycles. The van der Waals surface area contributed by atoms with E-state index in [2.05, 4.69) is 10.6 Å². The zero-order chi connectivity index (χ0) is 22.5. The van der Waals surface area contributed by atoms with E-state index in [0.29, 0.717) is 30.0 Å². The largest absolute Gasteiger partial charge is 0.338 e. The first-order chi connectivity index (χ1) is 15.5. The second-order valence-corrected chi connectivity index (χ2v) is 8.02. The molecule has 3 aromatic rings. The molecule has 3 amide bonds. The summed E-state index contributed by atoms with van der Waals surface area (Å²) in [5.74, 6) is -1.07. The minimum absolute atomic E-state index is 0.0421. The number of carbonyl (C=O) groups is 3. The van der Waals surface area contributed by atoms with Crippen molar-refractivity contribution in [3.63, 3.8) is 0 Å². The smallest absolute Gasteiger partial charge is 0.257 e. The Morgan fingerprint density at radius 1 is 0.938 bits per heavy atom. The van der Waals surface area contributed by atoms with Crippen molar-refractivity contribution >= 4 is 29.1 Å². The van der Waals surface area contributed by atoms with Crippen LogP contribution >= 0.6 is 0 Å². The molecule has 0 saturated carbocycles. The maximum absolute atomic E-state index is 12.9. The first-order valence-electron chi connectivity index (χ1n) is 10.6. The first kappa shape index (κ1) is 21.3. The number of nitrogens with zero attached hydrogens (tertiary/aromatic N) is 1. The summed E-state index contributed by atoms with van der Waals surface area (Å²) in [5.41, 5.74) is 3.55. The van der Waals surface area contributed by atoms with Gasteiger partial charge in [0.05, 0.1) is 17.2 Å². The average Bonchev–Trinajstić information content (AvgIpc) is 3.15. The van der Waals surface area contributed by atoms with Gasteiger partial charge in [0, 0.05) is 25.2 Å². The van der Waals surface area contributed by atoms with E-state index in [-0.39, 0.29) is 24.1 Å². The summed E-state index contributed by atoms with van der Waals surface area (Å²) >= 11 is 0. The number of amides is 3. The molecule has 1 heterocycles. The molecule has 1 aliphatic heterocycles. The van der Waals surface area contributed by atoms with Crippen molar-refractivity contribution < 1.29 is 14.4 Å². The number of likely N-dealkylation sites (tertiary alicyclic amines) is 1. The normalized spacial score (nSPS) is 15.5. The summed E-state index contributed by atoms with van der Waals surface area (Å²) in [7, 11) is 0. The van der Waals surface area contributed by atoms with Crippen LogP contribution in [0.25, 0.3) is 0 Å². The van der Waals surface area contributed by atoms with Crippen molar-refractivity contribution in [1.29, 1.82) is 0 Å². The number of rotatable bonds is 6. The van der Waals surface area contributed by atoms with Crippen LogP contribution in [0, 0.1) is 12.8 Å². The van der Waals surface area contributed by atoms with Gasteiger partial charge >= 0.3 is 0 Å². The van der Waals surface area contributed by atoms with Crippen LogP contribution in [0.5, 0.6) is 0 Å². The molecule has 6 heteroatoms. The number of anilines is 2. The standard InChI is InChI=1S/C26H25N3O3/c1-18-8-7-11-21(14-18)27-26(32)22-12-5-6-13-23(22)28-25(31)20-15-24(30)29(17-20)16-19-9-3-2-4-10-19/h2-14,20H,15-17H2,1H3,(H,27,32)(H,28,31)/t20-/m0/s1. The molecule has 32 heavy (non-hydrogen) atoms. The Kier molecular flexibility index (Phi) is 6.31. The Balaban J connectivity index is 1.42. The number of carbonyl (C=O) groups excluding carboxylic acids is 3. The number of hydrogen-bond acceptors (Lipinski definition) is 3. The summed E-state index contributed by atoms with van der Waals surface area (Å²) in [4.78, 5) is 39.9. The van der Waals surface area contributed by atoms with Crippen LogP contribution in [0.3, 0.4) is 0 Å². The highest BCUT2D eigenvalue weighted by Crippen LogP contribution is 2.24. The third-order valence-electron chi connectivity index (χ3n) is 5.51. The highest BCUT2D eigenvalue weighted by atomic mass is 16.2.